The Kier molecular flexibility index (Phi) is 4.85. The zero-order chi connectivity index (χ0) is 16.9. The maximum atomic E-state index is 4.33. The number of hydrogen-bond donors (Lipinski definition) is 2. The van der Waals surface area contributed by atoms with Crippen molar-refractivity contribution in [1.29, 1.82) is 0 Å². The number of benzene rings is 2. The molecule has 3 rings (SSSR count). The van der Waals surface area contributed by atoms with Crippen molar-refractivity contribution in [1.82, 2.24) is 15.2 Å². The summed E-state index contributed by atoms with van der Waals surface area (Å²) >= 11 is 0. The molecule has 1 unspecified atom stereocenters. The van der Waals surface area contributed by atoms with Gasteiger partial charge in [-0.15, -0.1) is 0 Å². The maximum Gasteiger partial charge on any atom is 0.191 e. The highest BCUT2D eigenvalue weighted by Crippen LogP contribution is 2.20. The van der Waals surface area contributed by atoms with Crippen LogP contribution in [0.2, 0.25) is 0 Å². The van der Waals surface area contributed by atoms with Crippen LogP contribution in [0.15, 0.2) is 65.8 Å². The molecule has 2 aromatic carbocycles. The van der Waals surface area contributed by atoms with Crippen molar-refractivity contribution in [2.75, 3.05) is 7.05 Å². The fourth-order valence-electron chi connectivity index (χ4n) is 2.81. The number of guanidine groups is 1. The molecule has 3 aromatic rings. The Morgan fingerprint density at radius 2 is 1.88 bits per heavy atom. The number of nitrogens with one attached hydrogen (secondary N) is 2. The maximum absolute atomic E-state index is 4.33. The standard InChI is InChI=1S/C20H24N4/c1-15(17-11-10-16-7-4-5-8-18(16)13-17)23-20(21-2)22-14-19-9-6-12-24(19)3/h4-13,15H,14H2,1-3H3,(H2,21,22,23). The van der Waals surface area contributed by atoms with E-state index >= 15 is 0 Å². The smallest absolute Gasteiger partial charge is 0.191 e. The van der Waals surface area contributed by atoms with Gasteiger partial charge in [0.25, 0.3) is 0 Å². The predicted molar refractivity (Wildman–Crippen MR) is 101 cm³/mol. The molecule has 4 heteroatoms. The molecule has 124 valence electrons. The second kappa shape index (κ2) is 7.21. The molecule has 0 radical (unpaired) electrons. The molecule has 24 heavy (non-hydrogen) atoms. The molecule has 0 saturated heterocycles. The first-order valence-electron chi connectivity index (χ1n) is 8.23. The van der Waals surface area contributed by atoms with Crippen molar-refractivity contribution in [2.45, 2.75) is 19.5 Å². The molecule has 0 amide bonds. The summed E-state index contributed by atoms with van der Waals surface area (Å²) in [5.74, 6) is 0.803. The van der Waals surface area contributed by atoms with Gasteiger partial charge in [-0.3, -0.25) is 4.99 Å². The van der Waals surface area contributed by atoms with Crippen LogP contribution in [0.5, 0.6) is 0 Å². The highest BCUT2D eigenvalue weighted by molar-refractivity contribution is 5.84. The number of aliphatic imine (C=N–C) groups is 1. The van der Waals surface area contributed by atoms with Gasteiger partial charge >= 0.3 is 0 Å². The lowest BCUT2D eigenvalue weighted by Gasteiger charge is -2.19. The molecule has 1 heterocycles. The molecular formula is C20H24N4. The Morgan fingerprint density at radius 3 is 2.58 bits per heavy atom. The van der Waals surface area contributed by atoms with E-state index in [1.54, 1.807) is 7.05 Å². The summed E-state index contributed by atoms with van der Waals surface area (Å²) in [6.07, 6.45) is 2.05. The van der Waals surface area contributed by atoms with Crippen molar-refractivity contribution >= 4 is 16.7 Å². The topological polar surface area (TPSA) is 41.4 Å². The van der Waals surface area contributed by atoms with Crippen molar-refractivity contribution in [3.8, 4) is 0 Å². The molecule has 0 saturated carbocycles. The first kappa shape index (κ1) is 16.1. The number of aromatic nitrogens is 1. The third-order valence-corrected chi connectivity index (χ3v) is 4.34. The van der Waals surface area contributed by atoms with Crippen molar-refractivity contribution in [2.24, 2.45) is 12.0 Å². The SMILES string of the molecule is CN=C(NCc1cccn1C)NC(C)c1ccc2ccccc2c1. The van der Waals surface area contributed by atoms with Crippen molar-refractivity contribution in [3.05, 3.63) is 72.1 Å². The summed E-state index contributed by atoms with van der Waals surface area (Å²) in [6, 6.07) is 19.3. The lowest BCUT2D eigenvalue weighted by Crippen LogP contribution is -2.38. The molecule has 1 atom stereocenters. The predicted octanol–water partition coefficient (Wildman–Crippen LogP) is 3.60. The Bertz CT molecular complexity index is 847. The van der Waals surface area contributed by atoms with Crippen LogP contribution in [0, 0.1) is 0 Å². The van der Waals surface area contributed by atoms with E-state index in [1.165, 1.54) is 22.0 Å². The molecule has 4 nitrogen and oxygen atoms in total. The lowest BCUT2D eigenvalue weighted by atomic mass is 10.0. The van der Waals surface area contributed by atoms with Gasteiger partial charge in [0.2, 0.25) is 0 Å². The third-order valence-electron chi connectivity index (χ3n) is 4.34. The zero-order valence-electron chi connectivity index (χ0n) is 14.5. The van der Waals surface area contributed by atoms with E-state index in [2.05, 4.69) is 75.6 Å². The van der Waals surface area contributed by atoms with Gasteiger partial charge in [-0.1, -0.05) is 36.4 Å². The molecule has 1 aromatic heterocycles. The molecule has 2 N–H and O–H groups in total. The van der Waals surface area contributed by atoms with Crippen LogP contribution in [-0.2, 0) is 13.6 Å². The lowest BCUT2D eigenvalue weighted by molar-refractivity contribution is 0.677. The first-order chi connectivity index (χ1) is 11.7. The van der Waals surface area contributed by atoms with Crippen LogP contribution in [0.4, 0.5) is 0 Å². The molecular weight excluding hydrogens is 296 g/mol. The number of nitrogens with zero attached hydrogens (tertiary/aromatic N) is 2. The minimum Gasteiger partial charge on any atom is -0.353 e. The van der Waals surface area contributed by atoms with Crippen molar-refractivity contribution in [3.63, 3.8) is 0 Å². The second-order valence-corrected chi connectivity index (χ2v) is 6.01. The summed E-state index contributed by atoms with van der Waals surface area (Å²) in [7, 11) is 3.85. The normalized spacial score (nSPS) is 13.0. The van der Waals surface area contributed by atoms with Gasteiger partial charge in [0.05, 0.1) is 12.6 Å². The fourth-order valence-corrected chi connectivity index (χ4v) is 2.81. The van der Waals surface area contributed by atoms with E-state index in [1.807, 2.05) is 19.3 Å². The number of aryl methyl sites for hydroxylation is 1. The summed E-state index contributed by atoms with van der Waals surface area (Å²) in [5, 5.41) is 9.35. The van der Waals surface area contributed by atoms with Crippen LogP contribution < -0.4 is 10.6 Å². The average Bonchev–Trinajstić information content (AvgIpc) is 3.03. The second-order valence-electron chi connectivity index (χ2n) is 6.01. The van der Waals surface area contributed by atoms with E-state index in [4.69, 9.17) is 0 Å². The zero-order valence-corrected chi connectivity index (χ0v) is 14.5. The van der Waals surface area contributed by atoms with E-state index < -0.39 is 0 Å². The van der Waals surface area contributed by atoms with Gasteiger partial charge in [0.1, 0.15) is 0 Å². The van der Waals surface area contributed by atoms with Crippen LogP contribution in [0.25, 0.3) is 10.8 Å². The van der Waals surface area contributed by atoms with E-state index in [0.29, 0.717) is 0 Å². The van der Waals surface area contributed by atoms with E-state index in [9.17, 15) is 0 Å². The number of rotatable bonds is 4. The minimum absolute atomic E-state index is 0.175. The molecule has 0 spiro atoms. The van der Waals surface area contributed by atoms with Crippen molar-refractivity contribution < 1.29 is 0 Å². The Morgan fingerprint density at radius 1 is 1.08 bits per heavy atom. The van der Waals surface area contributed by atoms with E-state index in [0.717, 1.165) is 12.5 Å². The van der Waals surface area contributed by atoms with Crippen LogP contribution >= 0.6 is 0 Å². The quantitative estimate of drug-likeness (QED) is 0.569. The third kappa shape index (κ3) is 3.59. The van der Waals surface area contributed by atoms with Gasteiger partial charge in [0, 0.05) is 26.0 Å². The molecule has 0 fully saturated rings. The van der Waals surface area contributed by atoms with Crippen LogP contribution in [0.3, 0.4) is 0 Å². The van der Waals surface area contributed by atoms with Crippen LogP contribution in [0.1, 0.15) is 24.2 Å². The number of fused-ring (bicyclic) bond motifs is 1. The minimum atomic E-state index is 0.175. The monoisotopic (exact) mass is 320 g/mol. The highest BCUT2D eigenvalue weighted by Gasteiger charge is 2.09. The summed E-state index contributed by atoms with van der Waals surface area (Å²) in [6.45, 7) is 2.90. The molecule has 0 aliphatic carbocycles. The summed E-state index contributed by atoms with van der Waals surface area (Å²) < 4.78 is 2.10. The molecule has 0 bridgehead atoms. The largest absolute Gasteiger partial charge is 0.353 e. The van der Waals surface area contributed by atoms with Crippen LogP contribution in [-0.4, -0.2) is 17.6 Å². The van der Waals surface area contributed by atoms with Gasteiger partial charge < -0.3 is 15.2 Å². The van der Waals surface area contributed by atoms with Gasteiger partial charge in [-0.05, 0) is 41.5 Å². The average molecular weight is 320 g/mol. The summed E-state index contributed by atoms with van der Waals surface area (Å²) in [4.78, 5) is 4.33. The first-order valence-corrected chi connectivity index (χ1v) is 8.23. The highest BCUT2D eigenvalue weighted by atomic mass is 15.2. The Hall–Kier alpha value is -2.75. The van der Waals surface area contributed by atoms with E-state index in [-0.39, 0.29) is 6.04 Å². The van der Waals surface area contributed by atoms with Gasteiger partial charge in [0.15, 0.2) is 5.96 Å². The Labute approximate surface area is 143 Å². The Balaban J connectivity index is 1.67. The molecule has 0 aliphatic rings. The molecule has 0 aliphatic heterocycles. The van der Waals surface area contributed by atoms with Gasteiger partial charge in [-0.25, -0.2) is 0 Å². The number of hydrogen-bond acceptors (Lipinski definition) is 1. The van der Waals surface area contributed by atoms with Gasteiger partial charge in [-0.2, -0.15) is 0 Å². The summed E-state index contributed by atoms with van der Waals surface area (Å²) in [5.41, 5.74) is 2.46. The fraction of sp³-hybridized carbons (Fsp3) is 0.250.